The number of benzene rings is 1. The number of aryl methyl sites for hydroxylation is 2. The lowest BCUT2D eigenvalue weighted by Crippen LogP contribution is -2.16. The van der Waals surface area contributed by atoms with Gasteiger partial charge in [-0.15, -0.1) is 0 Å². The lowest BCUT2D eigenvalue weighted by Gasteiger charge is -2.18. The van der Waals surface area contributed by atoms with Crippen LogP contribution in [0.15, 0.2) is 48.7 Å². The molecule has 1 aliphatic heterocycles. The average molecular weight is 488 g/mol. The predicted octanol–water partition coefficient (Wildman–Crippen LogP) is 4.19. The maximum atomic E-state index is 11.7. The minimum Gasteiger partial charge on any atom is -0.493 e. The fraction of sp³-hybridized carbons (Fsp3) is 0.333. The summed E-state index contributed by atoms with van der Waals surface area (Å²) >= 11 is 0. The molecule has 0 spiro atoms. The molecule has 1 aliphatic rings. The van der Waals surface area contributed by atoms with Crippen LogP contribution in [0, 0.1) is 6.92 Å². The van der Waals surface area contributed by atoms with Crippen LogP contribution in [0.3, 0.4) is 0 Å². The zero-order valence-electron chi connectivity index (χ0n) is 20.4. The maximum Gasteiger partial charge on any atom is 0.305 e. The van der Waals surface area contributed by atoms with Gasteiger partial charge in [0, 0.05) is 36.3 Å². The molecule has 1 atom stereocenters. The largest absolute Gasteiger partial charge is 0.493 e. The van der Waals surface area contributed by atoms with Crippen molar-refractivity contribution in [2.45, 2.75) is 38.6 Å². The van der Waals surface area contributed by atoms with E-state index >= 15 is 0 Å². The van der Waals surface area contributed by atoms with Crippen molar-refractivity contribution in [1.82, 2.24) is 19.7 Å². The van der Waals surface area contributed by atoms with Crippen LogP contribution in [0.25, 0.3) is 10.9 Å². The molecule has 0 radical (unpaired) electrons. The van der Waals surface area contributed by atoms with Gasteiger partial charge in [-0.25, -0.2) is 9.97 Å². The molecular weight excluding hydrogens is 458 g/mol. The molecule has 4 aromatic rings. The third-order valence-electron chi connectivity index (χ3n) is 6.46. The number of anilines is 1. The molecule has 0 aliphatic carbocycles. The summed E-state index contributed by atoms with van der Waals surface area (Å²) in [6.07, 6.45) is 4.43. The SMILES string of the molecule is COc1ccc(C(CC(=O)O)n2nc(C)c3cc(OCCc4ccc5c(n4)NCCC5)ccc32)cn1. The van der Waals surface area contributed by atoms with Crippen LogP contribution in [-0.4, -0.2) is 51.1 Å². The van der Waals surface area contributed by atoms with Gasteiger partial charge in [0.25, 0.3) is 0 Å². The number of carbonyl (C=O) groups is 1. The Balaban J connectivity index is 1.34. The fourth-order valence-corrected chi connectivity index (χ4v) is 4.60. The molecule has 0 fully saturated rings. The second-order valence-electron chi connectivity index (χ2n) is 8.90. The van der Waals surface area contributed by atoms with Gasteiger partial charge in [-0.1, -0.05) is 6.07 Å². The highest BCUT2D eigenvalue weighted by atomic mass is 16.5. The van der Waals surface area contributed by atoms with Gasteiger partial charge in [0.05, 0.1) is 37.4 Å². The molecule has 36 heavy (non-hydrogen) atoms. The molecule has 0 bridgehead atoms. The minimum absolute atomic E-state index is 0.120. The molecule has 0 saturated carbocycles. The number of aromatic nitrogens is 4. The molecule has 0 amide bonds. The quantitative estimate of drug-likeness (QED) is 0.362. The smallest absolute Gasteiger partial charge is 0.305 e. The Hall–Kier alpha value is -4.14. The molecule has 4 heterocycles. The summed E-state index contributed by atoms with van der Waals surface area (Å²) in [4.78, 5) is 20.7. The van der Waals surface area contributed by atoms with E-state index in [4.69, 9.17) is 19.6 Å². The molecule has 2 N–H and O–H groups in total. The number of carboxylic acids is 1. The summed E-state index contributed by atoms with van der Waals surface area (Å²) in [5.41, 5.74) is 4.65. The zero-order chi connectivity index (χ0) is 25.1. The second kappa shape index (κ2) is 10.2. The molecule has 186 valence electrons. The Morgan fingerprint density at radius 1 is 1.22 bits per heavy atom. The third kappa shape index (κ3) is 4.95. The summed E-state index contributed by atoms with van der Waals surface area (Å²) in [6.45, 7) is 3.38. The molecule has 9 nitrogen and oxygen atoms in total. The Kier molecular flexibility index (Phi) is 6.71. The van der Waals surface area contributed by atoms with Crippen LogP contribution < -0.4 is 14.8 Å². The van der Waals surface area contributed by atoms with Gasteiger partial charge in [-0.05, 0) is 61.2 Å². The van der Waals surface area contributed by atoms with Gasteiger partial charge in [-0.2, -0.15) is 5.10 Å². The average Bonchev–Trinajstić information content (AvgIpc) is 3.22. The van der Waals surface area contributed by atoms with E-state index in [-0.39, 0.29) is 6.42 Å². The number of methoxy groups -OCH3 is 1. The molecule has 1 unspecified atom stereocenters. The van der Waals surface area contributed by atoms with Crippen molar-refractivity contribution in [3.05, 3.63) is 71.2 Å². The second-order valence-corrected chi connectivity index (χ2v) is 8.90. The number of ether oxygens (including phenoxy) is 2. The summed E-state index contributed by atoms with van der Waals surface area (Å²) in [5, 5.41) is 18.6. The van der Waals surface area contributed by atoms with Gasteiger partial charge in [0.2, 0.25) is 5.88 Å². The first-order valence-electron chi connectivity index (χ1n) is 12.1. The Morgan fingerprint density at radius 3 is 2.89 bits per heavy atom. The standard InChI is InChI=1S/C27H29N5O4/c1-17-22-14-21(36-13-11-20-7-5-18-4-3-12-28-27(18)30-20)8-9-23(22)32(31-17)24(15-26(33)34)19-6-10-25(35-2)29-16-19/h5-10,14,16,24H,3-4,11-13,15H2,1-2H3,(H,28,30)(H,33,34). The van der Waals surface area contributed by atoms with Crippen molar-refractivity contribution in [2.75, 3.05) is 25.6 Å². The monoisotopic (exact) mass is 487 g/mol. The number of hydrogen-bond donors (Lipinski definition) is 2. The number of nitrogens with zero attached hydrogens (tertiary/aromatic N) is 4. The van der Waals surface area contributed by atoms with Crippen molar-refractivity contribution in [3.8, 4) is 11.6 Å². The lowest BCUT2D eigenvalue weighted by atomic mass is 10.1. The topological polar surface area (TPSA) is 111 Å². The van der Waals surface area contributed by atoms with E-state index in [9.17, 15) is 9.90 Å². The number of pyridine rings is 2. The van der Waals surface area contributed by atoms with Crippen molar-refractivity contribution in [2.24, 2.45) is 0 Å². The summed E-state index contributed by atoms with van der Waals surface area (Å²) in [6, 6.07) is 13.0. The zero-order valence-corrected chi connectivity index (χ0v) is 20.4. The van der Waals surface area contributed by atoms with Crippen molar-refractivity contribution < 1.29 is 19.4 Å². The fourth-order valence-electron chi connectivity index (χ4n) is 4.60. The first-order chi connectivity index (χ1) is 17.5. The number of aliphatic carboxylic acids is 1. The van der Waals surface area contributed by atoms with Crippen LogP contribution in [0.4, 0.5) is 5.82 Å². The molecular formula is C27H29N5O4. The lowest BCUT2D eigenvalue weighted by molar-refractivity contribution is -0.137. The van der Waals surface area contributed by atoms with Crippen LogP contribution in [0.1, 0.15) is 41.4 Å². The number of rotatable bonds is 9. The van der Waals surface area contributed by atoms with Crippen molar-refractivity contribution >= 4 is 22.7 Å². The Bertz CT molecular complexity index is 1380. The molecule has 0 saturated heterocycles. The first-order valence-corrected chi connectivity index (χ1v) is 12.1. The van der Waals surface area contributed by atoms with Crippen molar-refractivity contribution in [1.29, 1.82) is 0 Å². The number of nitrogens with one attached hydrogen (secondary N) is 1. The molecule has 1 aromatic carbocycles. The van der Waals surface area contributed by atoms with Gasteiger partial charge in [0.1, 0.15) is 11.6 Å². The summed E-state index contributed by atoms with van der Waals surface area (Å²) in [7, 11) is 1.54. The van der Waals surface area contributed by atoms with E-state index in [0.29, 0.717) is 18.9 Å². The van der Waals surface area contributed by atoms with Crippen LogP contribution >= 0.6 is 0 Å². The normalized spacial score (nSPS) is 13.6. The molecule has 3 aromatic heterocycles. The van der Waals surface area contributed by atoms with Gasteiger partial charge in [-0.3, -0.25) is 9.48 Å². The molecule has 5 rings (SSSR count). The first kappa shape index (κ1) is 23.6. The van der Waals surface area contributed by atoms with Gasteiger partial charge >= 0.3 is 5.97 Å². The third-order valence-corrected chi connectivity index (χ3v) is 6.46. The van der Waals surface area contributed by atoms with Crippen LogP contribution in [0.5, 0.6) is 11.6 Å². The van der Waals surface area contributed by atoms with E-state index < -0.39 is 12.0 Å². The number of fused-ring (bicyclic) bond motifs is 2. The Morgan fingerprint density at radius 2 is 2.11 bits per heavy atom. The van der Waals surface area contributed by atoms with Crippen LogP contribution in [-0.2, 0) is 17.6 Å². The number of hydrogen-bond acceptors (Lipinski definition) is 7. The Labute approximate surface area is 209 Å². The highest BCUT2D eigenvalue weighted by molar-refractivity contribution is 5.84. The highest BCUT2D eigenvalue weighted by Crippen LogP contribution is 2.31. The van der Waals surface area contributed by atoms with Crippen molar-refractivity contribution in [3.63, 3.8) is 0 Å². The van der Waals surface area contributed by atoms with E-state index in [2.05, 4.69) is 22.4 Å². The number of carboxylic acid groups (broad SMARTS) is 1. The summed E-state index contributed by atoms with van der Waals surface area (Å²) < 4.78 is 12.9. The van der Waals surface area contributed by atoms with Gasteiger partial charge < -0.3 is 19.9 Å². The maximum absolute atomic E-state index is 11.7. The van der Waals surface area contributed by atoms with E-state index in [0.717, 1.165) is 58.8 Å². The molecule has 9 heteroatoms. The van der Waals surface area contributed by atoms with Crippen LogP contribution in [0.2, 0.25) is 0 Å². The minimum atomic E-state index is -0.914. The predicted molar refractivity (Wildman–Crippen MR) is 136 cm³/mol. The summed E-state index contributed by atoms with van der Waals surface area (Å²) in [5.74, 6) is 1.29. The van der Waals surface area contributed by atoms with E-state index in [1.54, 1.807) is 24.1 Å². The highest BCUT2D eigenvalue weighted by Gasteiger charge is 2.22. The van der Waals surface area contributed by atoms with E-state index in [1.807, 2.05) is 31.2 Å². The van der Waals surface area contributed by atoms with E-state index in [1.165, 1.54) is 5.56 Å². The van der Waals surface area contributed by atoms with Gasteiger partial charge in [0.15, 0.2) is 0 Å².